The molecule has 0 atom stereocenters. The van der Waals surface area contributed by atoms with Gasteiger partial charge in [-0.05, 0) is 24.7 Å². The van der Waals surface area contributed by atoms with Crippen molar-refractivity contribution in [2.24, 2.45) is 10.8 Å². The van der Waals surface area contributed by atoms with Crippen molar-refractivity contribution < 1.29 is 14.3 Å². The number of methoxy groups -OCH3 is 1. The summed E-state index contributed by atoms with van der Waals surface area (Å²) in [4.78, 5) is 23.9. The lowest BCUT2D eigenvalue weighted by Crippen LogP contribution is -2.53. The summed E-state index contributed by atoms with van der Waals surface area (Å²) in [5.41, 5.74) is -0.831. The molecule has 104 valence electrons. The first-order valence-electron chi connectivity index (χ1n) is 6.75. The van der Waals surface area contributed by atoms with E-state index in [0.29, 0.717) is 19.4 Å². The Hall–Kier alpha value is -1.06. The minimum Gasteiger partial charge on any atom is -0.468 e. The fraction of sp³-hybridized carbons (Fsp3) is 0.857. The molecular weight excluding hydrogens is 230 g/mol. The van der Waals surface area contributed by atoms with Crippen LogP contribution in [0.3, 0.4) is 0 Å². The quantitative estimate of drug-likeness (QED) is 0.585. The third-order valence-electron chi connectivity index (χ3n) is 3.87. The molecule has 0 heterocycles. The molecule has 1 rings (SSSR count). The lowest BCUT2D eigenvalue weighted by Gasteiger charge is -2.38. The highest BCUT2D eigenvalue weighted by molar-refractivity contribution is 6.03. The Labute approximate surface area is 109 Å². The van der Waals surface area contributed by atoms with Gasteiger partial charge < -0.3 is 10.1 Å². The number of carbonyl (C=O) groups is 2. The molecule has 1 saturated carbocycles. The van der Waals surface area contributed by atoms with Gasteiger partial charge in [0.15, 0.2) is 0 Å². The van der Waals surface area contributed by atoms with Crippen LogP contribution in [0.4, 0.5) is 0 Å². The van der Waals surface area contributed by atoms with Crippen molar-refractivity contribution >= 4 is 11.9 Å². The van der Waals surface area contributed by atoms with Gasteiger partial charge in [-0.2, -0.15) is 0 Å². The predicted molar refractivity (Wildman–Crippen MR) is 70.0 cm³/mol. The molecule has 0 spiro atoms. The van der Waals surface area contributed by atoms with Gasteiger partial charge in [-0.15, -0.1) is 0 Å². The molecule has 1 N–H and O–H groups in total. The Morgan fingerprint density at radius 3 is 2.33 bits per heavy atom. The molecule has 4 nitrogen and oxygen atoms in total. The Morgan fingerprint density at radius 2 is 1.94 bits per heavy atom. The molecule has 0 unspecified atom stereocenters. The third-order valence-corrected chi connectivity index (χ3v) is 3.87. The van der Waals surface area contributed by atoms with E-state index in [1.54, 1.807) is 0 Å². The lowest BCUT2D eigenvalue weighted by atomic mass is 9.68. The highest BCUT2D eigenvalue weighted by Gasteiger charge is 2.52. The van der Waals surface area contributed by atoms with Crippen LogP contribution in [0.2, 0.25) is 0 Å². The van der Waals surface area contributed by atoms with E-state index in [2.05, 4.69) is 26.1 Å². The summed E-state index contributed by atoms with van der Waals surface area (Å²) in [5, 5.41) is 2.93. The summed E-state index contributed by atoms with van der Waals surface area (Å²) >= 11 is 0. The van der Waals surface area contributed by atoms with Crippen LogP contribution in [0.1, 0.15) is 52.9 Å². The molecule has 0 aliphatic heterocycles. The van der Waals surface area contributed by atoms with Gasteiger partial charge in [0.2, 0.25) is 5.91 Å². The van der Waals surface area contributed by atoms with Crippen LogP contribution in [0.15, 0.2) is 0 Å². The van der Waals surface area contributed by atoms with Gasteiger partial charge in [0, 0.05) is 6.54 Å². The predicted octanol–water partition coefficient (Wildman–Crippen LogP) is 2.27. The number of hydrogen-bond donors (Lipinski definition) is 1. The first-order chi connectivity index (χ1) is 8.38. The number of ether oxygens (including phenoxy) is 1. The molecule has 0 aromatic carbocycles. The summed E-state index contributed by atoms with van der Waals surface area (Å²) < 4.78 is 4.76. The molecule has 1 amide bonds. The van der Waals surface area contributed by atoms with Gasteiger partial charge >= 0.3 is 5.97 Å². The minimum atomic E-state index is -0.906. The largest absolute Gasteiger partial charge is 0.468 e. The van der Waals surface area contributed by atoms with Crippen LogP contribution in [0.25, 0.3) is 0 Å². The lowest BCUT2D eigenvalue weighted by molar-refractivity contribution is -0.165. The number of nitrogens with one attached hydrogen (secondary N) is 1. The van der Waals surface area contributed by atoms with Crippen molar-refractivity contribution in [3.63, 3.8) is 0 Å². The first kappa shape index (κ1) is 15.0. The van der Waals surface area contributed by atoms with Gasteiger partial charge in [-0.25, -0.2) is 0 Å². The third kappa shape index (κ3) is 3.03. The average molecular weight is 255 g/mol. The molecule has 0 saturated heterocycles. The van der Waals surface area contributed by atoms with Crippen LogP contribution >= 0.6 is 0 Å². The topological polar surface area (TPSA) is 55.4 Å². The van der Waals surface area contributed by atoms with E-state index in [1.807, 2.05) is 0 Å². The van der Waals surface area contributed by atoms with Gasteiger partial charge in [-0.3, -0.25) is 9.59 Å². The fourth-order valence-electron chi connectivity index (χ4n) is 2.50. The highest BCUT2D eigenvalue weighted by atomic mass is 16.5. The second-order valence-electron chi connectivity index (χ2n) is 6.02. The molecule has 1 fully saturated rings. The van der Waals surface area contributed by atoms with Gasteiger partial charge in [0.05, 0.1) is 7.11 Å². The van der Waals surface area contributed by atoms with Crippen LogP contribution in [-0.4, -0.2) is 25.5 Å². The number of rotatable bonds is 6. The first-order valence-corrected chi connectivity index (χ1v) is 6.75. The van der Waals surface area contributed by atoms with E-state index in [1.165, 1.54) is 7.11 Å². The second kappa shape index (κ2) is 5.72. The molecule has 18 heavy (non-hydrogen) atoms. The van der Waals surface area contributed by atoms with E-state index in [0.717, 1.165) is 19.3 Å². The van der Waals surface area contributed by atoms with Crippen LogP contribution in [-0.2, 0) is 14.3 Å². The Morgan fingerprint density at radius 1 is 1.33 bits per heavy atom. The maximum absolute atomic E-state index is 12.2. The van der Waals surface area contributed by atoms with Crippen molar-refractivity contribution in [3.05, 3.63) is 0 Å². The SMILES string of the molecule is CCCC(C)(C)CNC(=O)C1(C(=O)OC)CCC1. The van der Waals surface area contributed by atoms with Crippen molar-refractivity contribution in [1.82, 2.24) is 5.32 Å². The molecule has 1 aliphatic rings. The summed E-state index contributed by atoms with van der Waals surface area (Å²) in [7, 11) is 1.34. The van der Waals surface area contributed by atoms with Gasteiger partial charge in [0.1, 0.15) is 5.41 Å². The Bertz CT molecular complexity index is 319. The maximum atomic E-state index is 12.2. The summed E-state index contributed by atoms with van der Waals surface area (Å²) in [6, 6.07) is 0. The highest BCUT2D eigenvalue weighted by Crippen LogP contribution is 2.42. The van der Waals surface area contributed by atoms with Gasteiger partial charge in [0.25, 0.3) is 0 Å². The van der Waals surface area contributed by atoms with Crippen molar-refractivity contribution in [2.45, 2.75) is 52.9 Å². The van der Waals surface area contributed by atoms with E-state index in [-0.39, 0.29) is 17.3 Å². The second-order valence-corrected chi connectivity index (χ2v) is 6.02. The summed E-state index contributed by atoms with van der Waals surface area (Å²) in [5.74, 6) is -0.552. The average Bonchev–Trinajstić information content (AvgIpc) is 2.24. The summed E-state index contributed by atoms with van der Waals surface area (Å²) in [6.07, 6.45) is 4.28. The van der Waals surface area contributed by atoms with E-state index in [4.69, 9.17) is 4.74 Å². The smallest absolute Gasteiger partial charge is 0.321 e. The standard InChI is InChI=1S/C14H25NO3/c1-5-7-13(2,3)10-15-11(16)14(8-6-9-14)12(17)18-4/h5-10H2,1-4H3,(H,15,16). The number of hydrogen-bond acceptors (Lipinski definition) is 3. The zero-order valence-corrected chi connectivity index (χ0v) is 12.0. The van der Waals surface area contributed by atoms with Crippen molar-refractivity contribution in [2.75, 3.05) is 13.7 Å². The van der Waals surface area contributed by atoms with Crippen LogP contribution in [0, 0.1) is 10.8 Å². The van der Waals surface area contributed by atoms with Crippen molar-refractivity contribution in [1.29, 1.82) is 0 Å². The molecule has 0 bridgehead atoms. The number of carbonyl (C=O) groups excluding carboxylic acids is 2. The Balaban J connectivity index is 2.57. The molecule has 0 radical (unpaired) electrons. The van der Waals surface area contributed by atoms with E-state index < -0.39 is 5.41 Å². The van der Waals surface area contributed by atoms with Crippen LogP contribution in [0.5, 0.6) is 0 Å². The molecular formula is C14H25NO3. The van der Waals surface area contributed by atoms with Gasteiger partial charge in [-0.1, -0.05) is 33.6 Å². The minimum absolute atomic E-state index is 0.0749. The molecule has 0 aromatic heterocycles. The Kier molecular flexibility index (Phi) is 4.77. The molecule has 1 aliphatic carbocycles. The fourth-order valence-corrected chi connectivity index (χ4v) is 2.50. The van der Waals surface area contributed by atoms with E-state index in [9.17, 15) is 9.59 Å². The van der Waals surface area contributed by atoms with Crippen LogP contribution < -0.4 is 5.32 Å². The zero-order chi connectivity index (χ0) is 13.8. The maximum Gasteiger partial charge on any atom is 0.321 e. The monoisotopic (exact) mass is 255 g/mol. The zero-order valence-electron chi connectivity index (χ0n) is 12.0. The molecule has 0 aromatic rings. The van der Waals surface area contributed by atoms with E-state index >= 15 is 0 Å². The molecule has 4 heteroatoms. The number of amides is 1. The normalized spacial score (nSPS) is 17.8. The van der Waals surface area contributed by atoms with Crippen molar-refractivity contribution in [3.8, 4) is 0 Å². The number of esters is 1. The summed E-state index contributed by atoms with van der Waals surface area (Å²) in [6.45, 7) is 6.99.